The highest BCUT2D eigenvalue weighted by molar-refractivity contribution is 5.85. The van der Waals surface area contributed by atoms with Crippen molar-refractivity contribution in [3.63, 3.8) is 0 Å². The molecule has 1 atom stereocenters. The van der Waals surface area contributed by atoms with Crippen molar-refractivity contribution < 1.29 is 48.5 Å². The number of hydrogen-bond acceptors (Lipinski definition) is 9. The maximum Gasteiger partial charge on any atom is 0.408 e. The predicted molar refractivity (Wildman–Crippen MR) is 170 cm³/mol. The third kappa shape index (κ3) is 18.6. The van der Waals surface area contributed by atoms with Gasteiger partial charge in [0.1, 0.15) is 19.3 Å². The van der Waals surface area contributed by atoms with Crippen LogP contribution in [0.25, 0.3) is 0 Å². The number of carbonyl (C=O) groups is 6. The van der Waals surface area contributed by atoms with Crippen LogP contribution in [0.2, 0.25) is 0 Å². The number of nitrogens with zero attached hydrogens (tertiary/aromatic N) is 1. The molecule has 0 fully saturated rings. The highest BCUT2D eigenvalue weighted by atomic mass is 16.5. The Bertz CT molecular complexity index is 1260. The van der Waals surface area contributed by atoms with Gasteiger partial charge in [-0.3, -0.25) is 28.9 Å². The predicted octanol–water partition coefficient (Wildman–Crippen LogP) is 2.46. The number of carboxylic acids is 2. The number of amides is 3. The van der Waals surface area contributed by atoms with Gasteiger partial charge in [0.05, 0.1) is 19.6 Å². The number of rotatable bonds is 23. The molecular formula is C33H44N4O10. The van der Waals surface area contributed by atoms with Crippen molar-refractivity contribution in [2.45, 2.75) is 64.2 Å². The number of carbonyl (C=O) groups excluding carboxylic acids is 4. The van der Waals surface area contributed by atoms with Crippen molar-refractivity contribution in [3.05, 3.63) is 71.8 Å². The molecule has 0 aliphatic carbocycles. The second-order valence-corrected chi connectivity index (χ2v) is 10.8. The lowest BCUT2D eigenvalue weighted by atomic mass is 10.1. The zero-order valence-electron chi connectivity index (χ0n) is 26.4. The van der Waals surface area contributed by atoms with Gasteiger partial charge in [0.2, 0.25) is 11.8 Å². The highest BCUT2D eigenvalue weighted by Gasteiger charge is 2.21. The molecule has 0 unspecified atom stereocenters. The van der Waals surface area contributed by atoms with Crippen LogP contribution in [-0.4, -0.2) is 89.7 Å². The van der Waals surface area contributed by atoms with E-state index < -0.39 is 55.5 Å². The number of unbranched alkanes of at least 4 members (excludes halogenated alkanes) is 3. The van der Waals surface area contributed by atoms with E-state index in [1.165, 1.54) is 0 Å². The molecule has 2 aromatic rings. The maximum absolute atomic E-state index is 13.0. The van der Waals surface area contributed by atoms with E-state index >= 15 is 0 Å². The van der Waals surface area contributed by atoms with Crippen LogP contribution < -0.4 is 16.0 Å². The fourth-order valence-corrected chi connectivity index (χ4v) is 4.40. The minimum Gasteiger partial charge on any atom is -0.480 e. The van der Waals surface area contributed by atoms with E-state index in [0.717, 1.165) is 16.0 Å². The molecule has 0 spiro atoms. The van der Waals surface area contributed by atoms with Gasteiger partial charge >= 0.3 is 24.0 Å². The first kappa shape index (κ1) is 38.2. The highest BCUT2D eigenvalue weighted by Crippen LogP contribution is 2.07. The fourth-order valence-electron chi connectivity index (χ4n) is 4.40. The van der Waals surface area contributed by atoms with Gasteiger partial charge in [-0.2, -0.15) is 0 Å². The van der Waals surface area contributed by atoms with Crippen LogP contribution in [0.3, 0.4) is 0 Å². The summed E-state index contributed by atoms with van der Waals surface area (Å²) < 4.78 is 10.5. The van der Waals surface area contributed by atoms with Crippen LogP contribution >= 0.6 is 0 Å². The van der Waals surface area contributed by atoms with Gasteiger partial charge in [-0.15, -0.1) is 0 Å². The number of alkyl carbamates (subject to hydrolysis) is 1. The number of nitrogens with one attached hydrogen (secondary N) is 3. The van der Waals surface area contributed by atoms with Crippen LogP contribution in [0, 0.1) is 0 Å². The average Bonchev–Trinajstić information content (AvgIpc) is 3.03. The summed E-state index contributed by atoms with van der Waals surface area (Å²) >= 11 is 0. The quantitative estimate of drug-likeness (QED) is 0.0869. The van der Waals surface area contributed by atoms with Gasteiger partial charge in [0.15, 0.2) is 0 Å². The van der Waals surface area contributed by atoms with Gasteiger partial charge in [-0.25, -0.2) is 4.79 Å². The number of hydrogen-bond donors (Lipinski definition) is 5. The standard InChI is InChI=1S/C33H44N4O10/c38-28(20-37(21-29(39)40)22-30(41)42)34-18-11-9-16-27(36-33(45)47-24-26-14-6-2-7-15-26)32(44)35-19-10-3-8-17-31(43)46-23-25-12-4-1-5-13-25/h1-2,4-7,12-15,27H,3,8-11,16-24H2,(H,34,38)(H,35,44)(H,36,45)(H,39,40)(H,41,42)/t27-/m0/s1. The summed E-state index contributed by atoms with van der Waals surface area (Å²) in [7, 11) is 0. The lowest BCUT2D eigenvalue weighted by molar-refractivity contribution is -0.145. The Morgan fingerprint density at radius 2 is 1.21 bits per heavy atom. The van der Waals surface area contributed by atoms with Crippen LogP contribution in [0.5, 0.6) is 0 Å². The van der Waals surface area contributed by atoms with Gasteiger partial charge in [-0.1, -0.05) is 67.1 Å². The molecule has 3 amide bonds. The van der Waals surface area contributed by atoms with Crippen molar-refractivity contribution in [3.8, 4) is 0 Å². The van der Waals surface area contributed by atoms with E-state index in [-0.39, 0.29) is 38.6 Å². The van der Waals surface area contributed by atoms with E-state index in [2.05, 4.69) is 16.0 Å². The minimum atomic E-state index is -1.25. The topological polar surface area (TPSA) is 201 Å². The molecule has 2 rings (SSSR count). The molecule has 47 heavy (non-hydrogen) atoms. The fraction of sp³-hybridized carbons (Fsp3) is 0.455. The van der Waals surface area contributed by atoms with E-state index in [1.54, 1.807) is 12.1 Å². The zero-order valence-corrected chi connectivity index (χ0v) is 26.4. The molecule has 0 saturated carbocycles. The molecule has 0 aromatic heterocycles. The van der Waals surface area contributed by atoms with Crippen molar-refractivity contribution >= 4 is 35.8 Å². The molecule has 0 bridgehead atoms. The van der Waals surface area contributed by atoms with E-state index in [9.17, 15) is 28.8 Å². The second-order valence-electron chi connectivity index (χ2n) is 10.8. The summed E-state index contributed by atoms with van der Waals surface area (Å²) in [6.07, 6.45) is 2.56. The minimum absolute atomic E-state index is 0.0294. The summed E-state index contributed by atoms with van der Waals surface area (Å²) in [4.78, 5) is 72.4. The SMILES string of the molecule is O=C(O)CN(CC(=O)O)CC(=O)NCCCC[C@H](NC(=O)OCc1ccccc1)C(=O)NCCCCCC(=O)OCc1ccccc1. The molecule has 5 N–H and O–H groups in total. The first-order valence-corrected chi connectivity index (χ1v) is 15.5. The molecule has 14 heteroatoms. The largest absolute Gasteiger partial charge is 0.480 e. The lowest BCUT2D eigenvalue weighted by Crippen LogP contribution is -2.47. The first-order chi connectivity index (χ1) is 22.6. The normalized spacial score (nSPS) is 11.3. The monoisotopic (exact) mass is 656 g/mol. The molecule has 0 saturated heterocycles. The Labute approximate surface area is 273 Å². The van der Waals surface area contributed by atoms with Gasteiger partial charge in [-0.05, 0) is 43.2 Å². The molecule has 0 aliphatic rings. The Kier molecular flexibility index (Phi) is 18.3. The van der Waals surface area contributed by atoms with E-state index in [0.29, 0.717) is 38.6 Å². The zero-order chi connectivity index (χ0) is 34.3. The summed E-state index contributed by atoms with van der Waals surface area (Å²) in [6.45, 7) is -0.785. The van der Waals surface area contributed by atoms with Crippen LogP contribution in [0.1, 0.15) is 56.1 Å². The molecule has 0 heterocycles. The Balaban J connectivity index is 1.75. The van der Waals surface area contributed by atoms with Crippen molar-refractivity contribution in [1.29, 1.82) is 0 Å². The molecule has 14 nitrogen and oxygen atoms in total. The van der Waals surface area contributed by atoms with Gasteiger partial charge < -0.3 is 35.6 Å². The summed E-state index contributed by atoms with van der Waals surface area (Å²) in [5, 5.41) is 25.9. The number of benzene rings is 2. The first-order valence-electron chi connectivity index (χ1n) is 15.5. The average molecular weight is 657 g/mol. The van der Waals surface area contributed by atoms with Crippen molar-refractivity contribution in [1.82, 2.24) is 20.9 Å². The van der Waals surface area contributed by atoms with Gasteiger partial charge in [0.25, 0.3) is 0 Å². The molecule has 256 valence electrons. The number of carboxylic acid groups (broad SMARTS) is 2. The third-order valence-corrected chi connectivity index (χ3v) is 6.75. The molecule has 0 aliphatic heterocycles. The van der Waals surface area contributed by atoms with Crippen LogP contribution in [-0.2, 0) is 46.7 Å². The smallest absolute Gasteiger partial charge is 0.408 e. The van der Waals surface area contributed by atoms with Crippen molar-refractivity contribution in [2.24, 2.45) is 0 Å². The Morgan fingerprint density at radius 1 is 0.660 bits per heavy atom. The number of aliphatic carboxylic acids is 2. The van der Waals surface area contributed by atoms with Crippen LogP contribution in [0.15, 0.2) is 60.7 Å². The lowest BCUT2D eigenvalue weighted by Gasteiger charge is -2.19. The summed E-state index contributed by atoms with van der Waals surface area (Å²) in [6, 6.07) is 17.6. The van der Waals surface area contributed by atoms with Crippen LogP contribution in [0.4, 0.5) is 4.79 Å². The molecular weight excluding hydrogens is 612 g/mol. The molecule has 2 aromatic carbocycles. The maximum atomic E-state index is 13.0. The van der Waals surface area contributed by atoms with E-state index in [1.807, 2.05) is 48.5 Å². The number of ether oxygens (including phenoxy) is 2. The molecule has 0 radical (unpaired) electrons. The third-order valence-electron chi connectivity index (χ3n) is 6.75. The summed E-state index contributed by atoms with van der Waals surface area (Å²) in [5.74, 6) is -3.72. The summed E-state index contributed by atoms with van der Waals surface area (Å²) in [5.41, 5.74) is 1.70. The second kappa shape index (κ2) is 22.5. The van der Waals surface area contributed by atoms with Crippen molar-refractivity contribution in [2.75, 3.05) is 32.7 Å². The Hall–Kier alpha value is -4.98. The van der Waals surface area contributed by atoms with E-state index in [4.69, 9.17) is 19.7 Å². The van der Waals surface area contributed by atoms with Gasteiger partial charge in [0, 0.05) is 19.5 Å². The Morgan fingerprint density at radius 3 is 1.81 bits per heavy atom. The number of esters is 1.